The van der Waals surface area contributed by atoms with Gasteiger partial charge in [-0.3, -0.25) is 4.79 Å². The van der Waals surface area contributed by atoms with Crippen molar-refractivity contribution < 1.29 is 14.3 Å². The number of anilines is 1. The average molecular weight is 469 g/mol. The molecule has 0 aliphatic carbocycles. The van der Waals surface area contributed by atoms with Crippen molar-refractivity contribution >= 4 is 27.8 Å². The van der Waals surface area contributed by atoms with Crippen LogP contribution in [0.1, 0.15) is 46.1 Å². The van der Waals surface area contributed by atoms with Crippen molar-refractivity contribution in [1.82, 2.24) is 25.5 Å². The third kappa shape index (κ3) is 7.19. The van der Waals surface area contributed by atoms with Crippen LogP contribution in [0, 0.1) is 0 Å². The molecule has 0 aliphatic rings. The first-order valence-electron chi connectivity index (χ1n) is 9.53. The lowest BCUT2D eigenvalue weighted by atomic mass is 10.1. The van der Waals surface area contributed by atoms with Crippen LogP contribution in [0.2, 0.25) is 0 Å². The second-order valence-corrected chi connectivity index (χ2v) is 8.47. The SMILES string of the molecule is CCCCn1nnnc1NCc1cc(OC)c(OCC(=O)NC(C)(C)C)cc1Br. The maximum absolute atomic E-state index is 12.0. The number of carbonyl (C=O) groups excluding carboxylic acids is 1. The number of rotatable bonds is 10. The van der Waals surface area contributed by atoms with E-state index in [1.807, 2.05) is 26.8 Å². The fourth-order valence-electron chi connectivity index (χ4n) is 2.55. The van der Waals surface area contributed by atoms with Crippen LogP contribution in [-0.4, -0.2) is 45.4 Å². The number of unbranched alkanes of at least 4 members (excludes halogenated alkanes) is 1. The predicted octanol–water partition coefficient (Wildman–Crippen LogP) is 3.15. The minimum Gasteiger partial charge on any atom is -0.493 e. The van der Waals surface area contributed by atoms with Crippen molar-refractivity contribution in [3.8, 4) is 11.5 Å². The Balaban J connectivity index is 2.04. The molecule has 0 saturated heterocycles. The molecule has 2 N–H and O–H groups in total. The van der Waals surface area contributed by atoms with E-state index in [2.05, 4.69) is 49.0 Å². The van der Waals surface area contributed by atoms with Crippen molar-refractivity contribution in [3.05, 3.63) is 22.2 Å². The molecule has 0 atom stereocenters. The first-order valence-corrected chi connectivity index (χ1v) is 10.3. The number of carbonyl (C=O) groups is 1. The number of hydrogen-bond donors (Lipinski definition) is 2. The van der Waals surface area contributed by atoms with Gasteiger partial charge in [0, 0.05) is 23.1 Å². The number of aromatic nitrogens is 4. The lowest BCUT2D eigenvalue weighted by molar-refractivity contribution is -0.124. The van der Waals surface area contributed by atoms with Crippen LogP contribution in [0.3, 0.4) is 0 Å². The first kappa shape index (κ1) is 22.9. The molecule has 0 spiro atoms. The Morgan fingerprint density at radius 1 is 1.28 bits per heavy atom. The summed E-state index contributed by atoms with van der Waals surface area (Å²) in [7, 11) is 1.56. The molecule has 1 heterocycles. The van der Waals surface area contributed by atoms with Gasteiger partial charge in [0.1, 0.15) is 0 Å². The van der Waals surface area contributed by atoms with Crippen LogP contribution < -0.4 is 20.1 Å². The Morgan fingerprint density at radius 3 is 2.69 bits per heavy atom. The molecule has 9 nitrogen and oxygen atoms in total. The monoisotopic (exact) mass is 468 g/mol. The van der Waals surface area contributed by atoms with Crippen LogP contribution >= 0.6 is 15.9 Å². The van der Waals surface area contributed by atoms with Gasteiger partial charge < -0.3 is 20.1 Å². The third-order valence-corrected chi connectivity index (χ3v) is 4.64. The Hall–Kier alpha value is -2.36. The van der Waals surface area contributed by atoms with Crippen LogP contribution in [-0.2, 0) is 17.9 Å². The van der Waals surface area contributed by atoms with E-state index in [1.54, 1.807) is 17.9 Å². The van der Waals surface area contributed by atoms with E-state index in [0.29, 0.717) is 24.0 Å². The van der Waals surface area contributed by atoms with Gasteiger partial charge in [0.25, 0.3) is 5.91 Å². The van der Waals surface area contributed by atoms with E-state index < -0.39 is 0 Å². The number of benzene rings is 1. The zero-order chi connectivity index (χ0) is 21.4. The van der Waals surface area contributed by atoms with Gasteiger partial charge in [0.15, 0.2) is 18.1 Å². The molecule has 0 bridgehead atoms. The van der Waals surface area contributed by atoms with Crippen molar-refractivity contribution in [1.29, 1.82) is 0 Å². The zero-order valence-corrected chi connectivity index (χ0v) is 19.2. The number of halogens is 1. The van der Waals surface area contributed by atoms with Gasteiger partial charge in [-0.25, -0.2) is 4.68 Å². The summed E-state index contributed by atoms with van der Waals surface area (Å²) < 4.78 is 13.7. The standard InChI is InChI=1S/C19H29BrN6O3/c1-6-7-8-26-18(23-24-25-26)21-11-13-9-15(28-5)16(10-14(13)20)29-12-17(27)22-19(2,3)4/h9-10H,6-8,11-12H2,1-5H3,(H,22,27)(H,21,23,25). The summed E-state index contributed by atoms with van der Waals surface area (Å²) in [5, 5.41) is 17.9. The average Bonchev–Trinajstić information content (AvgIpc) is 3.09. The molecule has 1 amide bonds. The summed E-state index contributed by atoms with van der Waals surface area (Å²) in [5.74, 6) is 1.45. The normalized spacial score (nSPS) is 11.2. The molecule has 2 rings (SSSR count). The Kier molecular flexibility index (Phi) is 8.24. The summed E-state index contributed by atoms with van der Waals surface area (Å²) in [6, 6.07) is 3.65. The maximum atomic E-state index is 12.0. The lowest BCUT2D eigenvalue weighted by Gasteiger charge is -2.21. The molecule has 0 radical (unpaired) electrons. The molecule has 10 heteroatoms. The molecule has 0 unspecified atom stereocenters. The van der Waals surface area contributed by atoms with E-state index in [1.165, 1.54) is 0 Å². The summed E-state index contributed by atoms with van der Waals surface area (Å²) >= 11 is 3.56. The number of hydrogen-bond acceptors (Lipinski definition) is 7. The maximum Gasteiger partial charge on any atom is 0.258 e. The number of nitrogens with one attached hydrogen (secondary N) is 2. The molecule has 0 fully saturated rings. The quantitative estimate of drug-likeness (QED) is 0.551. The van der Waals surface area contributed by atoms with Gasteiger partial charge >= 0.3 is 0 Å². The molecule has 0 aliphatic heterocycles. The molecule has 160 valence electrons. The van der Waals surface area contributed by atoms with Crippen molar-refractivity contribution in [2.45, 2.75) is 59.2 Å². The van der Waals surface area contributed by atoms with Gasteiger partial charge in [0.05, 0.1) is 7.11 Å². The molecule has 29 heavy (non-hydrogen) atoms. The lowest BCUT2D eigenvalue weighted by Crippen LogP contribution is -2.43. The van der Waals surface area contributed by atoms with Gasteiger partial charge in [-0.15, -0.1) is 0 Å². The molecular formula is C19H29BrN6O3. The molecule has 0 saturated carbocycles. The summed E-state index contributed by atoms with van der Waals surface area (Å²) in [6.07, 6.45) is 2.07. The topological polar surface area (TPSA) is 103 Å². The predicted molar refractivity (Wildman–Crippen MR) is 114 cm³/mol. The number of amides is 1. The smallest absolute Gasteiger partial charge is 0.258 e. The highest BCUT2D eigenvalue weighted by Crippen LogP contribution is 2.34. The van der Waals surface area contributed by atoms with E-state index >= 15 is 0 Å². The van der Waals surface area contributed by atoms with E-state index in [4.69, 9.17) is 9.47 Å². The second-order valence-electron chi connectivity index (χ2n) is 7.61. The van der Waals surface area contributed by atoms with Crippen LogP contribution in [0.4, 0.5) is 5.95 Å². The summed E-state index contributed by atoms with van der Waals surface area (Å²) in [6.45, 7) is 9.04. The minimum atomic E-state index is -0.312. The van der Waals surface area contributed by atoms with Crippen LogP contribution in [0.15, 0.2) is 16.6 Å². The van der Waals surface area contributed by atoms with E-state index in [9.17, 15) is 4.79 Å². The zero-order valence-electron chi connectivity index (χ0n) is 17.6. The van der Waals surface area contributed by atoms with Gasteiger partial charge in [-0.2, -0.15) is 0 Å². The van der Waals surface area contributed by atoms with Crippen molar-refractivity contribution in [3.63, 3.8) is 0 Å². The highest BCUT2D eigenvalue weighted by molar-refractivity contribution is 9.10. The molecule has 1 aromatic carbocycles. The molecule has 2 aromatic rings. The summed E-state index contributed by atoms with van der Waals surface area (Å²) in [5.41, 5.74) is 0.631. The Bertz CT molecular complexity index is 819. The summed E-state index contributed by atoms with van der Waals surface area (Å²) in [4.78, 5) is 12.0. The molecule has 1 aromatic heterocycles. The van der Waals surface area contributed by atoms with Gasteiger partial charge in [0.2, 0.25) is 5.95 Å². The highest BCUT2D eigenvalue weighted by Gasteiger charge is 2.16. The number of methoxy groups -OCH3 is 1. The number of nitrogens with zero attached hydrogens (tertiary/aromatic N) is 4. The fraction of sp³-hybridized carbons (Fsp3) is 0.579. The van der Waals surface area contributed by atoms with Crippen LogP contribution in [0.5, 0.6) is 11.5 Å². The van der Waals surface area contributed by atoms with Crippen LogP contribution in [0.25, 0.3) is 0 Å². The third-order valence-electron chi connectivity index (χ3n) is 3.90. The largest absolute Gasteiger partial charge is 0.493 e. The Morgan fingerprint density at radius 2 is 2.03 bits per heavy atom. The molecular weight excluding hydrogens is 440 g/mol. The second kappa shape index (κ2) is 10.4. The first-order chi connectivity index (χ1) is 13.7. The fourth-order valence-corrected chi connectivity index (χ4v) is 3.01. The number of ether oxygens (including phenoxy) is 2. The number of tetrazole rings is 1. The van der Waals surface area contributed by atoms with E-state index in [0.717, 1.165) is 29.4 Å². The number of aryl methyl sites for hydroxylation is 1. The minimum absolute atomic E-state index is 0.0934. The Labute approximate surface area is 179 Å². The van der Waals surface area contributed by atoms with Crippen molar-refractivity contribution in [2.24, 2.45) is 0 Å². The highest BCUT2D eigenvalue weighted by atomic mass is 79.9. The van der Waals surface area contributed by atoms with Gasteiger partial charge in [-0.1, -0.05) is 34.4 Å². The van der Waals surface area contributed by atoms with Crippen molar-refractivity contribution in [2.75, 3.05) is 19.0 Å². The van der Waals surface area contributed by atoms with E-state index in [-0.39, 0.29) is 18.1 Å². The van der Waals surface area contributed by atoms with Gasteiger partial charge in [-0.05, 0) is 55.3 Å².